The molecule has 1 N–H and O–H groups in total. The molecule has 0 saturated heterocycles. The number of hydrogen-bond acceptors (Lipinski definition) is 6. The predicted octanol–water partition coefficient (Wildman–Crippen LogP) is 5.21. The third-order valence-electron chi connectivity index (χ3n) is 3.53. The van der Waals surface area contributed by atoms with E-state index >= 15 is 0 Å². The monoisotopic (exact) mass is 554 g/mol. The molecule has 0 atom stereocenters. The quantitative estimate of drug-likeness (QED) is 0.187. The first kappa shape index (κ1) is 22.1. The summed E-state index contributed by atoms with van der Waals surface area (Å²) in [4.78, 5) is 24.1. The highest BCUT2D eigenvalue weighted by Gasteiger charge is 2.17. The summed E-state index contributed by atoms with van der Waals surface area (Å²) in [5.41, 5.74) is 2.79. The van der Waals surface area contributed by atoms with Gasteiger partial charge in [-0.2, -0.15) is 5.10 Å². The molecule has 0 saturated carbocycles. The average Bonchev–Trinajstić information content (AvgIpc) is 3.25. The summed E-state index contributed by atoms with van der Waals surface area (Å²) in [6, 6.07) is 13.1. The highest BCUT2D eigenvalue weighted by Crippen LogP contribution is 2.32. The maximum Gasteiger partial charge on any atom is 0.379 e. The Morgan fingerprint density at radius 3 is 2.63 bits per heavy atom. The number of esters is 1. The molecule has 0 unspecified atom stereocenters. The molecule has 3 aromatic rings. The van der Waals surface area contributed by atoms with E-state index in [1.165, 1.54) is 18.5 Å². The molecule has 0 aliphatic carbocycles. The maximum absolute atomic E-state index is 12.2. The van der Waals surface area contributed by atoms with Crippen LogP contribution in [0, 0.1) is 0 Å². The van der Waals surface area contributed by atoms with Crippen LogP contribution in [0.3, 0.4) is 0 Å². The zero-order chi connectivity index (χ0) is 21.5. The number of ether oxygens (including phenoxy) is 2. The summed E-state index contributed by atoms with van der Waals surface area (Å²) >= 11 is 12.5. The second kappa shape index (κ2) is 10.4. The minimum atomic E-state index is -0.668. The largest absolute Gasteiger partial charge is 0.484 e. The molecule has 0 radical (unpaired) electrons. The lowest BCUT2D eigenvalue weighted by molar-refractivity contribution is -0.123. The van der Waals surface area contributed by atoms with Crippen molar-refractivity contribution < 1.29 is 23.5 Å². The molecule has 0 spiro atoms. The summed E-state index contributed by atoms with van der Waals surface area (Å²) in [7, 11) is 0. The lowest BCUT2D eigenvalue weighted by Crippen LogP contribution is -2.24. The molecule has 7 nitrogen and oxygen atoms in total. The van der Waals surface area contributed by atoms with Crippen molar-refractivity contribution in [3.8, 4) is 11.5 Å². The first-order valence-corrected chi connectivity index (χ1v) is 10.3. The Labute approximate surface area is 193 Å². The fourth-order valence-corrected chi connectivity index (χ4v) is 3.67. The molecule has 0 aliphatic rings. The Kier molecular flexibility index (Phi) is 7.67. The Bertz CT molecular complexity index is 1070. The van der Waals surface area contributed by atoms with Crippen molar-refractivity contribution in [3.63, 3.8) is 0 Å². The lowest BCUT2D eigenvalue weighted by Gasteiger charge is -2.09. The van der Waals surface area contributed by atoms with Gasteiger partial charge in [0, 0.05) is 15.1 Å². The van der Waals surface area contributed by atoms with E-state index in [0.29, 0.717) is 25.3 Å². The van der Waals surface area contributed by atoms with Crippen LogP contribution in [-0.4, -0.2) is 24.7 Å². The van der Waals surface area contributed by atoms with Crippen molar-refractivity contribution in [1.29, 1.82) is 0 Å². The summed E-state index contributed by atoms with van der Waals surface area (Å²) in [5, 5.41) is 4.47. The molecule has 1 heterocycles. The van der Waals surface area contributed by atoms with Crippen LogP contribution in [0.5, 0.6) is 11.5 Å². The van der Waals surface area contributed by atoms with Gasteiger partial charge in [0.2, 0.25) is 5.76 Å². The van der Waals surface area contributed by atoms with Crippen LogP contribution in [-0.2, 0) is 4.79 Å². The zero-order valence-corrected chi connectivity index (χ0v) is 19.0. The van der Waals surface area contributed by atoms with E-state index in [0.717, 1.165) is 0 Å². The van der Waals surface area contributed by atoms with Crippen molar-refractivity contribution in [3.05, 3.63) is 80.1 Å². The number of furan rings is 1. The number of hydrazone groups is 1. The van der Waals surface area contributed by atoms with Crippen LogP contribution < -0.4 is 14.9 Å². The first-order valence-electron chi connectivity index (χ1n) is 8.37. The number of halogens is 3. The zero-order valence-electron chi connectivity index (χ0n) is 15.1. The van der Waals surface area contributed by atoms with Crippen LogP contribution >= 0.6 is 43.5 Å². The van der Waals surface area contributed by atoms with Gasteiger partial charge in [0.1, 0.15) is 5.75 Å². The van der Waals surface area contributed by atoms with Crippen LogP contribution in [0.15, 0.2) is 73.3 Å². The third-order valence-corrected chi connectivity index (χ3v) is 4.83. The van der Waals surface area contributed by atoms with Gasteiger partial charge >= 0.3 is 5.97 Å². The Balaban J connectivity index is 1.64. The van der Waals surface area contributed by atoms with Crippen LogP contribution in [0.25, 0.3) is 0 Å². The molecule has 3 rings (SSSR count). The van der Waals surface area contributed by atoms with Gasteiger partial charge in [0.15, 0.2) is 12.4 Å². The second-order valence-corrected chi connectivity index (χ2v) is 7.92. The average molecular weight is 557 g/mol. The standard InChI is InChI=1S/C20H13Br2ClN2O5/c21-13-8-12(19(16(22)9-13)30-20(27)17-2-1-7-28-17)10-24-25-18(26)11-29-15-5-3-14(23)4-6-15/h1-10H,11H2,(H,25,26)/b24-10+. The van der Waals surface area contributed by atoms with E-state index in [9.17, 15) is 9.59 Å². The van der Waals surface area contributed by atoms with E-state index in [1.54, 1.807) is 42.5 Å². The van der Waals surface area contributed by atoms with Gasteiger partial charge in [-0.05, 0) is 64.5 Å². The minimum Gasteiger partial charge on any atom is -0.484 e. The molecule has 10 heteroatoms. The molecule has 154 valence electrons. The fraction of sp³-hybridized carbons (Fsp3) is 0.0500. The molecular weight excluding hydrogens is 543 g/mol. The lowest BCUT2D eigenvalue weighted by atomic mass is 10.2. The fourth-order valence-electron chi connectivity index (χ4n) is 2.21. The van der Waals surface area contributed by atoms with Gasteiger partial charge in [0.05, 0.1) is 17.0 Å². The molecule has 1 amide bonds. The van der Waals surface area contributed by atoms with Gasteiger partial charge < -0.3 is 13.9 Å². The Hall–Kier alpha value is -2.62. The summed E-state index contributed by atoms with van der Waals surface area (Å²) in [5.74, 6) is -0.362. The van der Waals surface area contributed by atoms with E-state index in [-0.39, 0.29) is 18.1 Å². The van der Waals surface area contributed by atoms with Crippen molar-refractivity contribution >= 4 is 61.6 Å². The van der Waals surface area contributed by atoms with Crippen LogP contribution in [0.1, 0.15) is 16.1 Å². The molecule has 2 aromatic carbocycles. The minimum absolute atomic E-state index is 0.0559. The van der Waals surface area contributed by atoms with Crippen molar-refractivity contribution in [2.45, 2.75) is 0 Å². The number of nitrogens with one attached hydrogen (secondary N) is 1. The normalized spacial score (nSPS) is 10.8. The highest BCUT2D eigenvalue weighted by atomic mass is 79.9. The SMILES string of the molecule is O=C(COc1ccc(Cl)cc1)N/N=C/c1cc(Br)cc(Br)c1OC(=O)c1ccco1. The topological polar surface area (TPSA) is 90.1 Å². The third kappa shape index (κ3) is 6.19. The highest BCUT2D eigenvalue weighted by molar-refractivity contribution is 9.11. The summed E-state index contributed by atoms with van der Waals surface area (Å²) in [6.07, 6.45) is 2.72. The van der Waals surface area contributed by atoms with Gasteiger partial charge in [-0.1, -0.05) is 27.5 Å². The number of hydrogen-bond donors (Lipinski definition) is 1. The Morgan fingerprint density at radius 1 is 1.17 bits per heavy atom. The maximum atomic E-state index is 12.2. The molecule has 30 heavy (non-hydrogen) atoms. The number of rotatable bonds is 7. The number of nitrogens with zero attached hydrogens (tertiary/aromatic N) is 1. The smallest absolute Gasteiger partial charge is 0.379 e. The second-order valence-electron chi connectivity index (χ2n) is 5.71. The number of carbonyl (C=O) groups excluding carboxylic acids is 2. The molecular formula is C20H13Br2ClN2O5. The number of benzene rings is 2. The van der Waals surface area contributed by atoms with E-state index < -0.39 is 11.9 Å². The van der Waals surface area contributed by atoms with Crippen LogP contribution in [0.2, 0.25) is 5.02 Å². The van der Waals surface area contributed by atoms with Crippen molar-refractivity contribution in [2.75, 3.05) is 6.61 Å². The molecule has 0 fully saturated rings. The van der Waals surface area contributed by atoms with Crippen LogP contribution in [0.4, 0.5) is 0 Å². The number of carbonyl (C=O) groups is 2. The number of amides is 1. The van der Waals surface area contributed by atoms with Gasteiger partial charge in [-0.3, -0.25) is 4.79 Å². The van der Waals surface area contributed by atoms with E-state index in [1.807, 2.05) is 0 Å². The van der Waals surface area contributed by atoms with E-state index in [2.05, 4.69) is 42.4 Å². The van der Waals surface area contributed by atoms with Gasteiger partial charge in [-0.25, -0.2) is 10.2 Å². The first-order chi connectivity index (χ1) is 14.4. The molecule has 0 aliphatic heterocycles. The van der Waals surface area contributed by atoms with Crippen molar-refractivity contribution in [1.82, 2.24) is 5.43 Å². The van der Waals surface area contributed by atoms with E-state index in [4.69, 9.17) is 25.5 Å². The summed E-state index contributed by atoms with van der Waals surface area (Å²) in [6.45, 7) is -0.235. The Morgan fingerprint density at radius 2 is 1.93 bits per heavy atom. The summed E-state index contributed by atoms with van der Waals surface area (Å²) < 4.78 is 17.0. The van der Waals surface area contributed by atoms with Crippen molar-refractivity contribution in [2.24, 2.45) is 5.10 Å². The van der Waals surface area contributed by atoms with Gasteiger partial charge in [0.25, 0.3) is 5.91 Å². The predicted molar refractivity (Wildman–Crippen MR) is 118 cm³/mol. The molecule has 0 bridgehead atoms. The molecule has 1 aromatic heterocycles. The van der Waals surface area contributed by atoms with Gasteiger partial charge in [-0.15, -0.1) is 0 Å².